The first-order valence-electron chi connectivity index (χ1n) is 4.50. The predicted octanol–water partition coefficient (Wildman–Crippen LogP) is 1.83. The van der Waals surface area contributed by atoms with Gasteiger partial charge >= 0.3 is 0 Å². The molecule has 0 radical (unpaired) electrons. The fourth-order valence-electron chi connectivity index (χ4n) is 1.46. The fourth-order valence-corrected chi connectivity index (χ4v) is 2.18. The molecule has 0 aliphatic carbocycles. The molecule has 0 fully saturated rings. The Labute approximate surface area is 91.5 Å². The second kappa shape index (κ2) is 3.86. The number of hydrogen-bond acceptors (Lipinski definition) is 4. The Kier molecular flexibility index (Phi) is 2.55. The van der Waals surface area contributed by atoms with Crippen LogP contribution in [0, 0.1) is 0 Å². The van der Waals surface area contributed by atoms with Crippen molar-refractivity contribution in [1.29, 1.82) is 0 Å². The highest BCUT2D eigenvalue weighted by Crippen LogP contribution is 2.22. The van der Waals surface area contributed by atoms with E-state index in [1.165, 1.54) is 11.3 Å². The molecule has 0 N–H and O–H groups in total. The van der Waals surface area contributed by atoms with Crippen molar-refractivity contribution in [3.05, 3.63) is 29.9 Å². The molecule has 0 aromatic carbocycles. The van der Waals surface area contributed by atoms with Gasteiger partial charge in [-0.15, -0.1) is 17.9 Å². The average molecular weight is 221 g/mol. The number of likely N-dealkylation sites (N-methyl/N-ethyl adjacent to an activating group) is 1. The third-order valence-electron chi connectivity index (χ3n) is 2.16. The minimum Gasteiger partial charge on any atom is -0.354 e. The second-order valence-corrected chi connectivity index (χ2v) is 4.04. The van der Waals surface area contributed by atoms with Crippen LogP contribution in [0.15, 0.2) is 24.2 Å². The Hall–Kier alpha value is -1.62. The maximum Gasteiger partial charge on any atom is 0.196 e. The number of imidazole rings is 1. The van der Waals surface area contributed by atoms with Crippen molar-refractivity contribution in [2.75, 3.05) is 18.5 Å². The number of carbonyl (C=O) groups is 1. The molecule has 5 heteroatoms. The third-order valence-corrected chi connectivity index (χ3v) is 2.91. The molecular formula is C10H11N3OS. The maximum absolute atomic E-state index is 11.0. The number of hydrogen-bond donors (Lipinski definition) is 0. The molecule has 2 rings (SSSR count). The summed E-state index contributed by atoms with van der Waals surface area (Å²) in [6.07, 6.45) is 4.46. The van der Waals surface area contributed by atoms with E-state index in [1.54, 1.807) is 10.5 Å². The minimum absolute atomic E-state index is 0.593. The molecule has 2 aromatic rings. The molecule has 0 saturated carbocycles. The van der Waals surface area contributed by atoms with Crippen LogP contribution in [0.1, 0.15) is 10.5 Å². The van der Waals surface area contributed by atoms with Crippen LogP contribution in [0.4, 0.5) is 5.82 Å². The van der Waals surface area contributed by atoms with Crippen molar-refractivity contribution in [2.45, 2.75) is 0 Å². The van der Waals surface area contributed by atoms with Crippen LogP contribution < -0.4 is 4.90 Å². The normalized spacial score (nSPS) is 10.5. The van der Waals surface area contributed by atoms with Crippen molar-refractivity contribution < 1.29 is 4.79 Å². The van der Waals surface area contributed by atoms with E-state index in [0.717, 1.165) is 11.2 Å². The number of rotatable bonds is 4. The molecule has 0 atom stereocenters. The van der Waals surface area contributed by atoms with Gasteiger partial charge in [0.1, 0.15) is 5.69 Å². The van der Waals surface area contributed by atoms with Gasteiger partial charge in [0.15, 0.2) is 17.1 Å². The van der Waals surface area contributed by atoms with Gasteiger partial charge in [-0.1, -0.05) is 6.08 Å². The van der Waals surface area contributed by atoms with E-state index >= 15 is 0 Å². The smallest absolute Gasteiger partial charge is 0.196 e. The molecule has 78 valence electrons. The molecule has 0 aliphatic rings. The lowest BCUT2D eigenvalue weighted by molar-refractivity contribution is 0.111. The van der Waals surface area contributed by atoms with E-state index in [0.29, 0.717) is 18.1 Å². The summed E-state index contributed by atoms with van der Waals surface area (Å²) in [4.78, 5) is 18.1. The van der Waals surface area contributed by atoms with Gasteiger partial charge in [-0.05, 0) is 0 Å². The van der Waals surface area contributed by atoms with E-state index in [1.807, 2.05) is 23.5 Å². The van der Waals surface area contributed by atoms with Crippen LogP contribution in [0.5, 0.6) is 0 Å². The summed E-state index contributed by atoms with van der Waals surface area (Å²) in [6.45, 7) is 4.33. The molecule has 0 spiro atoms. The highest BCUT2D eigenvalue weighted by molar-refractivity contribution is 7.15. The van der Waals surface area contributed by atoms with Crippen LogP contribution in [0.3, 0.4) is 0 Å². The number of aromatic nitrogens is 2. The summed E-state index contributed by atoms with van der Waals surface area (Å²) in [7, 11) is 1.89. The van der Waals surface area contributed by atoms with E-state index in [4.69, 9.17) is 0 Å². The molecule has 15 heavy (non-hydrogen) atoms. The summed E-state index contributed by atoms with van der Waals surface area (Å²) in [6, 6.07) is 0. The average Bonchev–Trinajstić information content (AvgIpc) is 2.76. The van der Waals surface area contributed by atoms with Crippen LogP contribution in [0.2, 0.25) is 0 Å². The predicted molar refractivity (Wildman–Crippen MR) is 61.9 cm³/mol. The van der Waals surface area contributed by atoms with Crippen molar-refractivity contribution in [3.63, 3.8) is 0 Å². The van der Waals surface area contributed by atoms with Gasteiger partial charge in [0.05, 0.1) is 0 Å². The zero-order chi connectivity index (χ0) is 10.8. The fraction of sp³-hybridized carbons (Fsp3) is 0.200. The largest absolute Gasteiger partial charge is 0.354 e. The quantitative estimate of drug-likeness (QED) is 0.584. The van der Waals surface area contributed by atoms with E-state index in [9.17, 15) is 4.79 Å². The molecule has 4 nitrogen and oxygen atoms in total. The van der Waals surface area contributed by atoms with Gasteiger partial charge in [0, 0.05) is 25.2 Å². The summed E-state index contributed by atoms with van der Waals surface area (Å²) < 4.78 is 1.80. The maximum atomic E-state index is 11.0. The Bertz CT molecular complexity index is 500. The van der Waals surface area contributed by atoms with Crippen molar-refractivity contribution in [3.8, 4) is 0 Å². The first kappa shape index (κ1) is 9.92. The van der Waals surface area contributed by atoms with Crippen LogP contribution >= 0.6 is 11.3 Å². The first-order valence-corrected chi connectivity index (χ1v) is 5.38. The standard InChI is InChI=1S/C10H11N3OS/c1-3-4-12(2)9-8(7-14)13-5-6-15-10(13)11-9/h3,5-7H,1,4H2,2H3. The van der Waals surface area contributed by atoms with Gasteiger partial charge in [-0.2, -0.15) is 0 Å². The number of carbonyl (C=O) groups excluding carboxylic acids is 1. The summed E-state index contributed by atoms with van der Waals surface area (Å²) in [5.74, 6) is 0.705. The Morgan fingerprint density at radius 1 is 1.73 bits per heavy atom. The molecule has 0 bridgehead atoms. The van der Waals surface area contributed by atoms with E-state index < -0.39 is 0 Å². The van der Waals surface area contributed by atoms with E-state index in [-0.39, 0.29) is 0 Å². The van der Waals surface area contributed by atoms with Gasteiger partial charge in [0.25, 0.3) is 0 Å². The molecule has 0 amide bonds. The van der Waals surface area contributed by atoms with Crippen molar-refractivity contribution in [2.24, 2.45) is 0 Å². The molecular weight excluding hydrogens is 210 g/mol. The van der Waals surface area contributed by atoms with E-state index in [2.05, 4.69) is 11.6 Å². The highest BCUT2D eigenvalue weighted by atomic mass is 32.1. The summed E-state index contributed by atoms with van der Waals surface area (Å²) >= 11 is 1.51. The summed E-state index contributed by atoms with van der Waals surface area (Å²) in [5.41, 5.74) is 0.593. The van der Waals surface area contributed by atoms with Gasteiger partial charge in [0.2, 0.25) is 0 Å². The SMILES string of the molecule is C=CCN(C)c1nc2sccn2c1C=O. The Morgan fingerprint density at radius 2 is 2.53 bits per heavy atom. The van der Waals surface area contributed by atoms with Gasteiger partial charge in [-0.3, -0.25) is 9.20 Å². The van der Waals surface area contributed by atoms with Gasteiger partial charge in [-0.25, -0.2) is 4.98 Å². The molecule has 0 saturated heterocycles. The minimum atomic E-state index is 0.593. The Balaban J connectivity index is 2.53. The third kappa shape index (κ3) is 1.55. The number of nitrogens with zero attached hydrogens (tertiary/aromatic N) is 3. The number of aldehydes is 1. The lowest BCUT2D eigenvalue weighted by Gasteiger charge is -2.13. The first-order chi connectivity index (χ1) is 7.27. The Morgan fingerprint density at radius 3 is 3.20 bits per heavy atom. The molecule has 0 unspecified atom stereocenters. The second-order valence-electron chi connectivity index (χ2n) is 3.16. The zero-order valence-corrected chi connectivity index (χ0v) is 9.20. The number of fused-ring (bicyclic) bond motifs is 1. The van der Waals surface area contributed by atoms with Crippen LogP contribution in [0.25, 0.3) is 4.96 Å². The van der Waals surface area contributed by atoms with Crippen LogP contribution in [-0.4, -0.2) is 29.3 Å². The lowest BCUT2D eigenvalue weighted by atomic mass is 10.4. The highest BCUT2D eigenvalue weighted by Gasteiger charge is 2.14. The van der Waals surface area contributed by atoms with Crippen molar-refractivity contribution in [1.82, 2.24) is 9.38 Å². The zero-order valence-electron chi connectivity index (χ0n) is 8.38. The van der Waals surface area contributed by atoms with Crippen molar-refractivity contribution >= 4 is 28.4 Å². The topological polar surface area (TPSA) is 37.6 Å². The number of anilines is 1. The molecule has 2 aromatic heterocycles. The number of thiazole rings is 1. The van der Waals surface area contributed by atoms with Crippen LogP contribution in [-0.2, 0) is 0 Å². The monoisotopic (exact) mass is 221 g/mol. The summed E-state index contributed by atoms with van der Waals surface area (Å²) in [5, 5.41) is 1.91. The molecule has 0 aliphatic heterocycles. The lowest BCUT2D eigenvalue weighted by Crippen LogP contribution is -2.18. The van der Waals surface area contributed by atoms with Gasteiger partial charge < -0.3 is 4.90 Å². The molecule has 2 heterocycles.